The molecule has 0 unspecified atom stereocenters. The number of nitrogens with zero attached hydrogens (tertiary/aromatic N) is 1. The van der Waals surface area contributed by atoms with E-state index in [0.717, 1.165) is 16.1 Å². The summed E-state index contributed by atoms with van der Waals surface area (Å²) in [7, 11) is 0. The number of hydrogen-bond acceptors (Lipinski definition) is 4. The monoisotopic (exact) mass is 284 g/mol. The van der Waals surface area contributed by atoms with Gasteiger partial charge in [0.05, 0.1) is 12.1 Å². The molecule has 0 aliphatic carbocycles. The molecule has 0 radical (unpaired) electrons. The number of halogens is 1. The fraction of sp³-hybridized carbons (Fsp3) is 0.167. The Kier molecular flexibility index (Phi) is 5.27. The molecule has 4 nitrogen and oxygen atoms in total. The number of carboxylic acid groups (broad SMARTS) is 1. The molecule has 0 bridgehead atoms. The van der Waals surface area contributed by atoms with Gasteiger partial charge < -0.3 is 10.8 Å². The van der Waals surface area contributed by atoms with Crippen LogP contribution < -0.4 is 5.73 Å². The Bertz CT molecular complexity index is 542. The number of aromatic nitrogens is 1. The van der Waals surface area contributed by atoms with Crippen LogP contribution in [-0.2, 0) is 17.8 Å². The Morgan fingerprint density at radius 1 is 1.39 bits per heavy atom. The van der Waals surface area contributed by atoms with Crippen LogP contribution in [0.2, 0.25) is 0 Å². The second kappa shape index (κ2) is 6.49. The lowest BCUT2D eigenvalue weighted by Crippen LogP contribution is -2.01. The van der Waals surface area contributed by atoms with E-state index in [4.69, 9.17) is 10.8 Å². The van der Waals surface area contributed by atoms with Gasteiger partial charge in [-0.3, -0.25) is 4.79 Å². The predicted molar refractivity (Wildman–Crippen MR) is 74.0 cm³/mol. The summed E-state index contributed by atoms with van der Waals surface area (Å²) in [5.74, 6) is -0.867. The lowest BCUT2D eigenvalue weighted by molar-refractivity contribution is -0.136. The Morgan fingerprint density at radius 2 is 2.11 bits per heavy atom. The molecule has 96 valence electrons. The van der Waals surface area contributed by atoms with Crippen molar-refractivity contribution in [3.8, 4) is 10.6 Å². The molecule has 0 saturated heterocycles. The van der Waals surface area contributed by atoms with Crippen LogP contribution in [0.1, 0.15) is 11.3 Å². The van der Waals surface area contributed by atoms with Gasteiger partial charge in [-0.2, -0.15) is 0 Å². The van der Waals surface area contributed by atoms with Gasteiger partial charge in [0.15, 0.2) is 0 Å². The van der Waals surface area contributed by atoms with Gasteiger partial charge in [0.25, 0.3) is 0 Å². The molecular weight excluding hydrogens is 272 g/mol. The fourth-order valence-electron chi connectivity index (χ4n) is 1.57. The third-order valence-corrected chi connectivity index (χ3v) is 3.28. The molecule has 6 heteroatoms. The minimum absolute atomic E-state index is 0. The van der Waals surface area contributed by atoms with Gasteiger partial charge in [0.2, 0.25) is 0 Å². The number of carboxylic acids is 1. The Labute approximate surface area is 115 Å². The predicted octanol–water partition coefficient (Wildman–Crippen LogP) is 2.32. The minimum atomic E-state index is -0.867. The van der Waals surface area contributed by atoms with Crippen molar-refractivity contribution in [1.82, 2.24) is 4.98 Å². The quantitative estimate of drug-likeness (QED) is 0.903. The van der Waals surface area contributed by atoms with Gasteiger partial charge in [0.1, 0.15) is 5.01 Å². The summed E-state index contributed by atoms with van der Waals surface area (Å²) in [6.45, 7) is 0.448. The standard InChI is InChI=1S/C12H12N2O2S.ClH/c13-6-8-3-1-2-4-10(8)12-14-9(7-17-12)5-11(15)16;/h1-4,7H,5-6,13H2,(H,15,16);1H. The highest BCUT2D eigenvalue weighted by Gasteiger charge is 2.10. The molecule has 0 fully saturated rings. The zero-order chi connectivity index (χ0) is 12.3. The van der Waals surface area contributed by atoms with Crippen molar-refractivity contribution >= 4 is 29.7 Å². The third kappa shape index (κ3) is 3.29. The topological polar surface area (TPSA) is 76.2 Å². The summed E-state index contributed by atoms with van der Waals surface area (Å²) in [6, 6.07) is 7.75. The Balaban J connectivity index is 0.00000162. The molecule has 0 atom stereocenters. The zero-order valence-electron chi connectivity index (χ0n) is 9.50. The van der Waals surface area contributed by atoms with Crippen molar-refractivity contribution in [3.63, 3.8) is 0 Å². The van der Waals surface area contributed by atoms with Crippen molar-refractivity contribution in [2.75, 3.05) is 0 Å². The molecule has 1 aromatic heterocycles. The summed E-state index contributed by atoms with van der Waals surface area (Å²) in [5, 5.41) is 11.3. The van der Waals surface area contributed by atoms with E-state index < -0.39 is 5.97 Å². The normalized spacial score (nSPS) is 9.83. The highest BCUT2D eigenvalue weighted by Crippen LogP contribution is 2.26. The maximum absolute atomic E-state index is 10.6. The highest BCUT2D eigenvalue weighted by atomic mass is 35.5. The number of carbonyl (C=O) groups is 1. The smallest absolute Gasteiger partial charge is 0.309 e. The SMILES string of the molecule is Cl.NCc1ccccc1-c1nc(CC(=O)O)cs1. The van der Waals surface area contributed by atoms with Crippen molar-refractivity contribution < 1.29 is 9.90 Å². The number of thiazole rings is 1. The summed E-state index contributed by atoms with van der Waals surface area (Å²) in [6.07, 6.45) is -0.0404. The molecule has 0 spiro atoms. The first kappa shape index (κ1) is 14.6. The number of nitrogens with two attached hydrogens (primary N) is 1. The average molecular weight is 285 g/mol. The van der Waals surface area contributed by atoms with Gasteiger partial charge in [-0.05, 0) is 5.56 Å². The van der Waals surface area contributed by atoms with Crippen molar-refractivity contribution in [3.05, 3.63) is 40.9 Å². The minimum Gasteiger partial charge on any atom is -0.481 e. The molecule has 3 N–H and O–H groups in total. The van der Waals surface area contributed by atoms with E-state index in [9.17, 15) is 4.79 Å². The largest absolute Gasteiger partial charge is 0.481 e. The molecule has 0 aliphatic heterocycles. The zero-order valence-corrected chi connectivity index (χ0v) is 11.1. The molecule has 18 heavy (non-hydrogen) atoms. The van der Waals surface area contributed by atoms with Crippen LogP contribution in [0.4, 0.5) is 0 Å². The van der Waals surface area contributed by atoms with Crippen molar-refractivity contribution in [2.24, 2.45) is 5.73 Å². The first-order valence-corrected chi connectivity index (χ1v) is 6.03. The van der Waals surface area contributed by atoms with Crippen molar-refractivity contribution in [2.45, 2.75) is 13.0 Å². The number of benzene rings is 1. The lowest BCUT2D eigenvalue weighted by Gasteiger charge is -2.03. The van der Waals surface area contributed by atoms with Crippen molar-refractivity contribution in [1.29, 1.82) is 0 Å². The Morgan fingerprint density at radius 3 is 2.78 bits per heavy atom. The summed E-state index contributed by atoms with van der Waals surface area (Å²) in [4.78, 5) is 14.9. The summed E-state index contributed by atoms with van der Waals surface area (Å²) >= 11 is 1.44. The van der Waals surface area contributed by atoms with Crippen LogP contribution in [-0.4, -0.2) is 16.1 Å². The molecular formula is C12H13ClN2O2S. The molecule has 0 saturated carbocycles. The van der Waals surface area contributed by atoms with E-state index in [0.29, 0.717) is 12.2 Å². The third-order valence-electron chi connectivity index (χ3n) is 2.35. The van der Waals surface area contributed by atoms with Gasteiger partial charge >= 0.3 is 5.97 Å². The van der Waals surface area contributed by atoms with E-state index in [1.54, 1.807) is 5.38 Å². The van der Waals surface area contributed by atoms with Gasteiger partial charge in [-0.15, -0.1) is 23.7 Å². The van der Waals surface area contributed by atoms with E-state index in [1.807, 2.05) is 24.3 Å². The van der Waals surface area contributed by atoms with Crippen LogP contribution in [0.25, 0.3) is 10.6 Å². The summed E-state index contributed by atoms with van der Waals surface area (Å²) < 4.78 is 0. The maximum atomic E-state index is 10.6. The fourth-order valence-corrected chi connectivity index (χ4v) is 2.45. The first-order chi connectivity index (χ1) is 8.20. The Hall–Kier alpha value is -1.43. The highest BCUT2D eigenvalue weighted by molar-refractivity contribution is 7.13. The number of aliphatic carboxylic acids is 1. The van der Waals surface area contributed by atoms with E-state index in [2.05, 4.69) is 4.98 Å². The number of hydrogen-bond donors (Lipinski definition) is 2. The van der Waals surface area contributed by atoms with E-state index >= 15 is 0 Å². The van der Waals surface area contributed by atoms with Crippen LogP contribution in [0.15, 0.2) is 29.6 Å². The van der Waals surface area contributed by atoms with Gasteiger partial charge in [-0.1, -0.05) is 24.3 Å². The van der Waals surface area contributed by atoms with Crippen LogP contribution in [0.3, 0.4) is 0 Å². The summed E-state index contributed by atoms with van der Waals surface area (Å²) in [5.41, 5.74) is 8.25. The molecule has 1 aromatic carbocycles. The molecule has 0 aliphatic rings. The van der Waals surface area contributed by atoms with Crippen LogP contribution >= 0.6 is 23.7 Å². The van der Waals surface area contributed by atoms with Gasteiger partial charge in [-0.25, -0.2) is 4.98 Å². The second-order valence-electron chi connectivity index (χ2n) is 3.58. The van der Waals surface area contributed by atoms with E-state index in [1.165, 1.54) is 11.3 Å². The average Bonchev–Trinajstić information content (AvgIpc) is 2.76. The first-order valence-electron chi connectivity index (χ1n) is 5.15. The number of rotatable bonds is 4. The molecule has 1 heterocycles. The van der Waals surface area contributed by atoms with E-state index in [-0.39, 0.29) is 18.8 Å². The molecule has 2 rings (SSSR count). The van der Waals surface area contributed by atoms with Crippen LogP contribution in [0, 0.1) is 0 Å². The maximum Gasteiger partial charge on any atom is 0.309 e. The molecule has 0 amide bonds. The lowest BCUT2D eigenvalue weighted by atomic mass is 10.1. The van der Waals surface area contributed by atoms with Gasteiger partial charge in [0, 0.05) is 17.5 Å². The second-order valence-corrected chi connectivity index (χ2v) is 4.43. The molecule has 2 aromatic rings. The van der Waals surface area contributed by atoms with Crippen LogP contribution in [0.5, 0.6) is 0 Å².